The first-order valence-corrected chi connectivity index (χ1v) is 5.87. The van der Waals surface area contributed by atoms with Crippen LogP contribution in [0.15, 0.2) is 0 Å². The van der Waals surface area contributed by atoms with Crippen molar-refractivity contribution < 1.29 is 14.3 Å². The van der Waals surface area contributed by atoms with E-state index in [0.717, 1.165) is 12.8 Å². The maximum absolute atomic E-state index is 11.6. The number of fused-ring (bicyclic) bond motifs is 2. The van der Waals surface area contributed by atoms with Gasteiger partial charge in [-0.25, -0.2) is 4.79 Å². The molecule has 1 amide bonds. The fraction of sp³-hybridized carbons (Fsp3) is 0.833. The van der Waals surface area contributed by atoms with Gasteiger partial charge in [0.2, 0.25) is 0 Å². The van der Waals surface area contributed by atoms with Crippen molar-refractivity contribution in [2.75, 3.05) is 0 Å². The molecular weight excluding hydrogens is 206 g/mol. The van der Waals surface area contributed by atoms with Gasteiger partial charge in [0.1, 0.15) is 11.4 Å². The minimum atomic E-state index is -0.480. The van der Waals surface area contributed by atoms with Gasteiger partial charge in [0.05, 0.1) is 0 Å². The molecule has 3 atom stereocenters. The number of carbonyl (C=O) groups is 2. The lowest BCUT2D eigenvalue weighted by Crippen LogP contribution is -2.43. The van der Waals surface area contributed by atoms with Gasteiger partial charge >= 0.3 is 6.09 Å². The van der Waals surface area contributed by atoms with Crippen LogP contribution in [0.2, 0.25) is 0 Å². The van der Waals surface area contributed by atoms with Crippen LogP contribution in [-0.2, 0) is 9.53 Å². The van der Waals surface area contributed by atoms with Gasteiger partial charge in [-0.15, -0.1) is 0 Å². The van der Waals surface area contributed by atoms with Crippen molar-refractivity contribution in [1.82, 2.24) is 5.32 Å². The van der Waals surface area contributed by atoms with Crippen LogP contribution in [0.5, 0.6) is 0 Å². The highest BCUT2D eigenvalue weighted by Crippen LogP contribution is 2.42. The van der Waals surface area contributed by atoms with Gasteiger partial charge in [-0.1, -0.05) is 0 Å². The maximum atomic E-state index is 11.6. The van der Waals surface area contributed by atoms with Crippen molar-refractivity contribution >= 4 is 11.9 Å². The first-order valence-electron chi connectivity index (χ1n) is 5.87. The van der Waals surface area contributed by atoms with Crippen LogP contribution in [0.4, 0.5) is 4.79 Å². The summed E-state index contributed by atoms with van der Waals surface area (Å²) in [5.74, 6) is 0.826. The molecule has 0 saturated heterocycles. The van der Waals surface area contributed by atoms with E-state index in [0.29, 0.717) is 18.1 Å². The Morgan fingerprint density at radius 1 is 1.38 bits per heavy atom. The minimum absolute atomic E-state index is 0.00102. The van der Waals surface area contributed by atoms with Crippen molar-refractivity contribution in [3.8, 4) is 0 Å². The molecule has 2 rings (SSSR count). The van der Waals surface area contributed by atoms with E-state index in [2.05, 4.69) is 5.32 Å². The summed E-state index contributed by atoms with van der Waals surface area (Å²) in [7, 11) is 0. The first-order chi connectivity index (χ1) is 7.35. The van der Waals surface area contributed by atoms with E-state index < -0.39 is 11.7 Å². The second-order valence-corrected chi connectivity index (χ2v) is 5.87. The summed E-state index contributed by atoms with van der Waals surface area (Å²) in [6.45, 7) is 5.50. The quantitative estimate of drug-likeness (QED) is 0.741. The Morgan fingerprint density at radius 2 is 2.06 bits per heavy atom. The monoisotopic (exact) mass is 225 g/mol. The van der Waals surface area contributed by atoms with E-state index in [-0.39, 0.29) is 12.0 Å². The molecule has 2 aliphatic rings. The summed E-state index contributed by atoms with van der Waals surface area (Å²) < 4.78 is 5.18. The zero-order valence-electron chi connectivity index (χ0n) is 10.1. The molecule has 1 N–H and O–H groups in total. The van der Waals surface area contributed by atoms with E-state index in [9.17, 15) is 9.59 Å². The number of hydrogen-bond acceptors (Lipinski definition) is 3. The molecule has 16 heavy (non-hydrogen) atoms. The lowest BCUT2D eigenvalue weighted by atomic mass is 9.94. The van der Waals surface area contributed by atoms with Crippen LogP contribution >= 0.6 is 0 Å². The number of hydrogen-bond donors (Lipinski definition) is 1. The topological polar surface area (TPSA) is 55.4 Å². The third-order valence-corrected chi connectivity index (χ3v) is 3.27. The molecule has 0 aromatic heterocycles. The highest BCUT2D eigenvalue weighted by Gasteiger charge is 2.46. The molecule has 2 bridgehead atoms. The Balaban J connectivity index is 1.87. The molecule has 4 heteroatoms. The molecule has 0 radical (unpaired) electrons. The summed E-state index contributed by atoms with van der Waals surface area (Å²) in [4.78, 5) is 23.1. The number of amides is 1. The highest BCUT2D eigenvalue weighted by molar-refractivity contribution is 5.86. The first kappa shape index (κ1) is 11.4. The molecule has 0 aliphatic heterocycles. The molecule has 2 fully saturated rings. The summed E-state index contributed by atoms with van der Waals surface area (Å²) >= 11 is 0. The average Bonchev–Trinajstić information content (AvgIpc) is 2.57. The van der Waals surface area contributed by atoms with Crippen molar-refractivity contribution in [3.63, 3.8) is 0 Å². The Bertz CT molecular complexity index is 319. The van der Waals surface area contributed by atoms with Gasteiger partial charge in [-0.05, 0) is 39.5 Å². The number of alkyl carbamates (subject to hydrolysis) is 1. The third-order valence-electron chi connectivity index (χ3n) is 3.27. The number of ketones is 1. The summed E-state index contributed by atoms with van der Waals surface area (Å²) in [5.41, 5.74) is -0.480. The number of nitrogens with one attached hydrogen (secondary N) is 1. The predicted molar refractivity (Wildman–Crippen MR) is 59.0 cm³/mol. The lowest BCUT2D eigenvalue weighted by Gasteiger charge is -2.25. The third kappa shape index (κ3) is 2.36. The van der Waals surface area contributed by atoms with E-state index in [1.54, 1.807) is 0 Å². The van der Waals surface area contributed by atoms with Gasteiger partial charge in [-0.2, -0.15) is 0 Å². The standard InChI is InChI=1S/C12H19NO3/c1-12(2,3)16-11(15)13-9-5-7-4-8(9)10(14)6-7/h7-9H,4-6H2,1-3H3,(H,13,15)/t7-,8+,9-/m1/s1. The Kier molecular flexibility index (Phi) is 2.68. The number of ether oxygens (including phenoxy) is 1. The van der Waals surface area contributed by atoms with Gasteiger partial charge < -0.3 is 10.1 Å². The zero-order valence-corrected chi connectivity index (χ0v) is 10.1. The molecule has 2 aliphatic carbocycles. The van der Waals surface area contributed by atoms with Crippen LogP contribution in [0, 0.1) is 11.8 Å². The molecule has 0 aromatic rings. The Morgan fingerprint density at radius 3 is 2.56 bits per heavy atom. The SMILES string of the molecule is CC(C)(C)OC(=O)N[C@@H]1C[C@@H]2CC(=O)[C@H]1C2. The van der Waals surface area contributed by atoms with Crippen molar-refractivity contribution in [1.29, 1.82) is 0 Å². The molecular formula is C12H19NO3. The fourth-order valence-electron chi connectivity index (χ4n) is 2.72. The van der Waals surface area contributed by atoms with Crippen LogP contribution in [0.1, 0.15) is 40.0 Å². The van der Waals surface area contributed by atoms with Crippen LogP contribution in [0.3, 0.4) is 0 Å². The minimum Gasteiger partial charge on any atom is -0.444 e. The second kappa shape index (κ2) is 3.75. The van der Waals surface area contributed by atoms with Crippen molar-refractivity contribution in [2.45, 2.75) is 51.7 Å². The normalized spacial score (nSPS) is 32.9. The molecule has 90 valence electrons. The molecule has 0 aromatic carbocycles. The zero-order chi connectivity index (χ0) is 11.9. The summed E-state index contributed by atoms with van der Waals surface area (Å²) in [6.07, 6.45) is 2.17. The van der Waals surface area contributed by atoms with Gasteiger partial charge in [-0.3, -0.25) is 4.79 Å². The Hall–Kier alpha value is -1.06. The number of Topliss-reactive ketones (excluding diaryl/α,β-unsaturated/α-hetero) is 1. The van der Waals surface area contributed by atoms with E-state index in [4.69, 9.17) is 4.74 Å². The van der Waals surface area contributed by atoms with Crippen molar-refractivity contribution in [3.05, 3.63) is 0 Å². The Labute approximate surface area is 95.7 Å². The maximum Gasteiger partial charge on any atom is 0.407 e. The predicted octanol–water partition coefficient (Wildman–Crippen LogP) is 1.88. The van der Waals surface area contributed by atoms with Gasteiger partial charge in [0.15, 0.2) is 0 Å². The van der Waals surface area contributed by atoms with Gasteiger partial charge in [0, 0.05) is 18.4 Å². The van der Waals surface area contributed by atoms with Crippen LogP contribution in [-0.4, -0.2) is 23.5 Å². The second-order valence-electron chi connectivity index (χ2n) is 5.87. The average molecular weight is 225 g/mol. The van der Waals surface area contributed by atoms with E-state index >= 15 is 0 Å². The lowest BCUT2D eigenvalue weighted by molar-refractivity contribution is -0.122. The molecule has 2 saturated carbocycles. The van der Waals surface area contributed by atoms with E-state index in [1.165, 1.54) is 0 Å². The van der Waals surface area contributed by atoms with Gasteiger partial charge in [0.25, 0.3) is 0 Å². The number of rotatable bonds is 1. The fourth-order valence-corrected chi connectivity index (χ4v) is 2.72. The smallest absolute Gasteiger partial charge is 0.407 e. The summed E-state index contributed by atoms with van der Waals surface area (Å²) in [6, 6.07) is 0.00102. The van der Waals surface area contributed by atoms with E-state index in [1.807, 2.05) is 20.8 Å². The van der Waals surface area contributed by atoms with Crippen LogP contribution < -0.4 is 5.32 Å². The largest absolute Gasteiger partial charge is 0.444 e. The molecule has 0 spiro atoms. The summed E-state index contributed by atoms with van der Waals surface area (Å²) in [5, 5.41) is 2.82. The van der Waals surface area contributed by atoms with Crippen molar-refractivity contribution in [2.24, 2.45) is 11.8 Å². The highest BCUT2D eigenvalue weighted by atomic mass is 16.6. The molecule has 0 unspecified atom stereocenters. The number of carbonyl (C=O) groups excluding carboxylic acids is 2. The molecule has 4 nitrogen and oxygen atoms in total. The van der Waals surface area contributed by atoms with Crippen LogP contribution in [0.25, 0.3) is 0 Å². The molecule has 0 heterocycles.